The molecule has 3 saturated heterocycles. The van der Waals surface area contributed by atoms with Crippen molar-refractivity contribution >= 4 is 0 Å². The van der Waals surface area contributed by atoms with Crippen LogP contribution in [0.4, 0.5) is 0 Å². The van der Waals surface area contributed by atoms with Gasteiger partial charge in [0.25, 0.3) is 5.79 Å². The van der Waals surface area contributed by atoms with Gasteiger partial charge in [0.2, 0.25) is 0 Å². The Hall–Kier alpha value is -1.18. The van der Waals surface area contributed by atoms with Crippen LogP contribution in [-0.4, -0.2) is 36.8 Å². The maximum Gasteiger partial charge on any atom is 0.261 e. The summed E-state index contributed by atoms with van der Waals surface area (Å²) in [5.74, 6) is -0.861. The molecule has 0 saturated carbocycles. The molecular weight excluding hydrogens is 360 g/mol. The number of aromatic hydroxyl groups is 1. The Morgan fingerprint density at radius 1 is 1.21 bits per heavy atom. The molecular formula is C22H32O6. The topological polar surface area (TPSA) is 66.4 Å². The average molecular weight is 392 g/mol. The van der Waals surface area contributed by atoms with E-state index in [4.69, 9.17) is 24.0 Å². The molecule has 0 aliphatic carbocycles. The Morgan fingerprint density at radius 3 is 2.64 bits per heavy atom. The molecule has 3 heterocycles. The first-order chi connectivity index (χ1) is 13.2. The lowest BCUT2D eigenvalue weighted by atomic mass is 9.56. The minimum atomic E-state index is -1.04. The fraction of sp³-hybridized carbons (Fsp3) is 0.727. The SMILES string of the molecule is CC(C)(C)[C@@]12OO[C@]1(c1cccc(O)c1)OC[C@@]2(C)CCOC1CCCCO1. The van der Waals surface area contributed by atoms with Gasteiger partial charge in [-0.1, -0.05) is 39.8 Å². The molecule has 0 radical (unpaired) electrons. The summed E-state index contributed by atoms with van der Waals surface area (Å²) in [7, 11) is 0. The maximum absolute atomic E-state index is 10.0. The van der Waals surface area contributed by atoms with Crippen LogP contribution < -0.4 is 0 Å². The zero-order valence-corrected chi connectivity index (χ0v) is 17.3. The molecule has 3 aliphatic rings. The van der Waals surface area contributed by atoms with E-state index in [1.807, 2.05) is 6.07 Å². The molecule has 3 fully saturated rings. The molecule has 0 amide bonds. The molecule has 156 valence electrons. The summed E-state index contributed by atoms with van der Waals surface area (Å²) in [6.07, 6.45) is 3.85. The lowest BCUT2D eigenvalue weighted by Crippen LogP contribution is -2.73. The number of benzene rings is 1. The summed E-state index contributed by atoms with van der Waals surface area (Å²) >= 11 is 0. The molecule has 1 N–H and O–H groups in total. The molecule has 0 bridgehead atoms. The van der Waals surface area contributed by atoms with E-state index < -0.39 is 11.4 Å². The predicted molar refractivity (Wildman–Crippen MR) is 102 cm³/mol. The third kappa shape index (κ3) is 2.81. The Bertz CT molecular complexity index is 709. The van der Waals surface area contributed by atoms with Gasteiger partial charge in [-0.2, -0.15) is 4.89 Å². The van der Waals surface area contributed by atoms with E-state index in [1.54, 1.807) is 18.2 Å². The highest BCUT2D eigenvalue weighted by molar-refractivity contribution is 5.37. The molecule has 3 aliphatic heterocycles. The second-order valence-corrected chi connectivity index (χ2v) is 9.53. The zero-order chi connectivity index (χ0) is 20.0. The highest BCUT2D eigenvalue weighted by Gasteiger charge is 2.82. The monoisotopic (exact) mass is 392 g/mol. The van der Waals surface area contributed by atoms with Gasteiger partial charge in [0.1, 0.15) is 5.75 Å². The molecule has 4 rings (SSSR count). The number of fused-ring (bicyclic) bond motifs is 1. The van der Waals surface area contributed by atoms with Crippen LogP contribution in [0.15, 0.2) is 24.3 Å². The molecule has 6 nitrogen and oxygen atoms in total. The smallest absolute Gasteiger partial charge is 0.261 e. The quantitative estimate of drug-likeness (QED) is 0.755. The van der Waals surface area contributed by atoms with Gasteiger partial charge in [-0.3, -0.25) is 0 Å². The van der Waals surface area contributed by atoms with Gasteiger partial charge in [-0.25, -0.2) is 4.89 Å². The van der Waals surface area contributed by atoms with E-state index >= 15 is 0 Å². The number of phenolic OH excluding ortho intramolecular Hbond substituents is 1. The molecule has 4 atom stereocenters. The Kier molecular flexibility index (Phi) is 5.00. The number of phenols is 1. The number of hydrogen-bond donors (Lipinski definition) is 1. The third-order valence-corrected chi connectivity index (χ3v) is 6.57. The summed E-state index contributed by atoms with van der Waals surface area (Å²) in [6.45, 7) is 10.4. The van der Waals surface area contributed by atoms with Crippen LogP contribution in [-0.2, 0) is 29.8 Å². The van der Waals surface area contributed by atoms with Gasteiger partial charge < -0.3 is 19.3 Å². The third-order valence-electron chi connectivity index (χ3n) is 6.57. The van der Waals surface area contributed by atoms with Crippen LogP contribution in [0.5, 0.6) is 5.75 Å². The lowest BCUT2D eigenvalue weighted by molar-refractivity contribution is -0.627. The number of hydrogen-bond acceptors (Lipinski definition) is 6. The van der Waals surface area contributed by atoms with E-state index in [-0.39, 0.29) is 22.9 Å². The van der Waals surface area contributed by atoms with E-state index in [0.717, 1.165) is 37.9 Å². The molecule has 1 aromatic carbocycles. The first-order valence-electron chi connectivity index (χ1n) is 10.3. The molecule has 6 heteroatoms. The molecule has 0 spiro atoms. The van der Waals surface area contributed by atoms with E-state index in [0.29, 0.717) is 13.2 Å². The Labute approximate surface area is 167 Å². The van der Waals surface area contributed by atoms with Gasteiger partial charge in [0.05, 0.1) is 13.2 Å². The molecule has 1 unspecified atom stereocenters. The average Bonchev–Trinajstić information content (AvgIpc) is 2.79. The Balaban J connectivity index is 1.59. The van der Waals surface area contributed by atoms with E-state index in [9.17, 15) is 5.11 Å². The van der Waals surface area contributed by atoms with Crippen molar-refractivity contribution in [3.63, 3.8) is 0 Å². The van der Waals surface area contributed by atoms with Crippen molar-refractivity contribution in [3.8, 4) is 5.75 Å². The van der Waals surface area contributed by atoms with Crippen LogP contribution >= 0.6 is 0 Å². The predicted octanol–water partition coefficient (Wildman–Crippen LogP) is 4.26. The van der Waals surface area contributed by atoms with Crippen molar-refractivity contribution in [1.29, 1.82) is 0 Å². The van der Waals surface area contributed by atoms with E-state index in [2.05, 4.69) is 27.7 Å². The van der Waals surface area contributed by atoms with Crippen LogP contribution in [0, 0.1) is 10.8 Å². The number of ether oxygens (including phenoxy) is 3. The van der Waals surface area contributed by atoms with Crippen LogP contribution in [0.3, 0.4) is 0 Å². The van der Waals surface area contributed by atoms with Crippen molar-refractivity contribution < 1.29 is 29.1 Å². The van der Waals surface area contributed by atoms with Gasteiger partial charge in [0.15, 0.2) is 11.9 Å². The maximum atomic E-state index is 10.0. The van der Waals surface area contributed by atoms with Gasteiger partial charge in [-0.05, 0) is 37.8 Å². The van der Waals surface area contributed by atoms with Gasteiger partial charge in [0, 0.05) is 23.0 Å². The van der Waals surface area contributed by atoms with Crippen molar-refractivity contribution in [1.82, 2.24) is 0 Å². The minimum Gasteiger partial charge on any atom is -0.508 e. The minimum absolute atomic E-state index is 0.111. The fourth-order valence-electron chi connectivity index (χ4n) is 5.26. The summed E-state index contributed by atoms with van der Waals surface area (Å²) in [5.41, 5.74) is -0.543. The first kappa shape index (κ1) is 20.1. The zero-order valence-electron chi connectivity index (χ0n) is 17.3. The van der Waals surface area contributed by atoms with Crippen LogP contribution in [0.1, 0.15) is 58.9 Å². The van der Waals surface area contributed by atoms with Crippen molar-refractivity contribution in [2.75, 3.05) is 19.8 Å². The normalized spacial score (nSPS) is 38.1. The first-order valence-corrected chi connectivity index (χ1v) is 10.3. The highest BCUT2D eigenvalue weighted by atomic mass is 17.3. The number of rotatable bonds is 5. The largest absolute Gasteiger partial charge is 0.508 e. The molecule has 0 aromatic heterocycles. The van der Waals surface area contributed by atoms with Crippen LogP contribution in [0.25, 0.3) is 0 Å². The molecule has 1 aromatic rings. The summed E-state index contributed by atoms with van der Waals surface area (Å²) in [6, 6.07) is 7.06. The van der Waals surface area contributed by atoms with Crippen molar-refractivity contribution in [2.45, 2.75) is 71.1 Å². The summed E-state index contributed by atoms with van der Waals surface area (Å²) < 4.78 is 18.0. The Morgan fingerprint density at radius 2 is 2.04 bits per heavy atom. The van der Waals surface area contributed by atoms with E-state index in [1.165, 1.54) is 0 Å². The second-order valence-electron chi connectivity index (χ2n) is 9.53. The highest BCUT2D eigenvalue weighted by Crippen LogP contribution is 2.70. The van der Waals surface area contributed by atoms with Crippen molar-refractivity contribution in [3.05, 3.63) is 29.8 Å². The molecule has 28 heavy (non-hydrogen) atoms. The van der Waals surface area contributed by atoms with Crippen LogP contribution in [0.2, 0.25) is 0 Å². The standard InChI is InChI=1S/C22H32O6/c1-19(2,3)22-20(4,11-13-25-18-10-5-6-12-24-18)15-26-21(22,27-28-22)16-8-7-9-17(23)14-16/h7-9,14,18,23H,5-6,10-13,15H2,1-4H3/t18?,20-,21+,22+/m1/s1. The van der Waals surface area contributed by atoms with Gasteiger partial charge in [-0.15, -0.1) is 0 Å². The van der Waals surface area contributed by atoms with Crippen molar-refractivity contribution in [2.24, 2.45) is 10.8 Å². The second kappa shape index (κ2) is 6.96. The summed E-state index contributed by atoms with van der Waals surface area (Å²) in [5, 5.41) is 10.0. The van der Waals surface area contributed by atoms with Gasteiger partial charge >= 0.3 is 0 Å². The lowest BCUT2D eigenvalue weighted by Gasteiger charge is -2.61. The fourth-order valence-corrected chi connectivity index (χ4v) is 5.26. The summed E-state index contributed by atoms with van der Waals surface area (Å²) in [4.78, 5) is 11.7.